The second kappa shape index (κ2) is 8.14. The average molecular weight is 356 g/mol. The van der Waals surface area contributed by atoms with Crippen LogP contribution in [0.1, 0.15) is 41.8 Å². The van der Waals surface area contributed by atoms with Gasteiger partial charge in [0.2, 0.25) is 11.6 Å². The van der Waals surface area contributed by atoms with E-state index in [9.17, 15) is 9.59 Å². The molecule has 5 heteroatoms. The summed E-state index contributed by atoms with van der Waals surface area (Å²) in [4.78, 5) is 27.6. The molecule has 1 aliphatic carbocycles. The highest BCUT2D eigenvalue weighted by molar-refractivity contribution is 6.52. The van der Waals surface area contributed by atoms with Gasteiger partial charge in [0.05, 0.1) is 12.2 Å². The lowest BCUT2D eigenvalue weighted by atomic mass is 9.84. The van der Waals surface area contributed by atoms with Gasteiger partial charge in [0.15, 0.2) is 0 Å². The molecule has 0 atom stereocenters. The molecule has 1 aromatic rings. The summed E-state index contributed by atoms with van der Waals surface area (Å²) in [6, 6.07) is 3.87. The molecule has 0 aromatic heterocycles. The van der Waals surface area contributed by atoms with E-state index >= 15 is 0 Å². The molecule has 1 fully saturated rings. The van der Waals surface area contributed by atoms with E-state index < -0.39 is 11.6 Å². The van der Waals surface area contributed by atoms with Gasteiger partial charge >= 0.3 is 0 Å². The topological polar surface area (TPSA) is 58.6 Å². The van der Waals surface area contributed by atoms with Crippen LogP contribution in [0, 0.1) is 12.8 Å². The van der Waals surface area contributed by atoms with Crippen molar-refractivity contribution in [2.45, 2.75) is 27.2 Å². The molecule has 2 aliphatic rings. The molecule has 0 saturated carbocycles. The highest BCUT2D eigenvalue weighted by Crippen LogP contribution is 2.34. The number of ketones is 2. The molecule has 1 aromatic carbocycles. The first-order valence-electron chi connectivity index (χ1n) is 9.49. The minimum atomic E-state index is -0.438. The van der Waals surface area contributed by atoms with Crippen molar-refractivity contribution < 1.29 is 14.3 Å². The van der Waals surface area contributed by atoms with Crippen LogP contribution in [0.4, 0.5) is 0 Å². The SMILES string of the molecule is Cc1ccc2c(c1OCCCN1CCNCC1)C(=O)C(=O)C(C(C)C)=C2. The summed E-state index contributed by atoms with van der Waals surface area (Å²) in [5, 5.41) is 3.35. The second-order valence-electron chi connectivity index (χ2n) is 7.38. The fourth-order valence-electron chi connectivity index (χ4n) is 3.55. The molecule has 1 saturated heterocycles. The van der Waals surface area contributed by atoms with E-state index in [0.29, 0.717) is 23.5 Å². The molecule has 0 spiro atoms. The van der Waals surface area contributed by atoms with E-state index in [1.165, 1.54) is 0 Å². The van der Waals surface area contributed by atoms with Crippen molar-refractivity contribution >= 4 is 17.6 Å². The Balaban J connectivity index is 1.73. The van der Waals surface area contributed by atoms with Crippen LogP contribution in [0.3, 0.4) is 0 Å². The monoisotopic (exact) mass is 356 g/mol. The van der Waals surface area contributed by atoms with Crippen molar-refractivity contribution in [2.24, 2.45) is 5.92 Å². The highest BCUT2D eigenvalue weighted by Gasteiger charge is 2.32. The zero-order valence-corrected chi connectivity index (χ0v) is 15.9. The molecule has 140 valence electrons. The van der Waals surface area contributed by atoms with Gasteiger partial charge in [-0.2, -0.15) is 0 Å². The number of piperazine rings is 1. The Morgan fingerprint density at radius 1 is 1.15 bits per heavy atom. The van der Waals surface area contributed by atoms with E-state index in [1.54, 1.807) is 0 Å². The summed E-state index contributed by atoms with van der Waals surface area (Å²) in [5.41, 5.74) is 2.70. The number of benzene rings is 1. The van der Waals surface area contributed by atoms with E-state index in [-0.39, 0.29) is 5.92 Å². The maximum Gasteiger partial charge on any atom is 0.237 e. The zero-order valence-electron chi connectivity index (χ0n) is 15.9. The third-order valence-corrected chi connectivity index (χ3v) is 5.09. The van der Waals surface area contributed by atoms with Crippen LogP contribution in [0.25, 0.3) is 6.08 Å². The summed E-state index contributed by atoms with van der Waals surface area (Å²) >= 11 is 0. The first kappa shape index (κ1) is 18.8. The number of hydrogen-bond donors (Lipinski definition) is 1. The molecule has 0 amide bonds. The lowest BCUT2D eigenvalue weighted by Gasteiger charge is -2.27. The number of fused-ring (bicyclic) bond motifs is 1. The number of ether oxygens (including phenoxy) is 1. The minimum absolute atomic E-state index is 0.0318. The van der Waals surface area contributed by atoms with Gasteiger partial charge in [0.25, 0.3) is 0 Å². The van der Waals surface area contributed by atoms with Gasteiger partial charge in [-0.3, -0.25) is 9.59 Å². The van der Waals surface area contributed by atoms with Gasteiger partial charge in [-0.1, -0.05) is 26.0 Å². The van der Waals surface area contributed by atoms with Gasteiger partial charge in [-0.05, 0) is 36.5 Å². The molecular weight excluding hydrogens is 328 g/mol. The van der Waals surface area contributed by atoms with Crippen LogP contribution in [0.2, 0.25) is 0 Å². The van der Waals surface area contributed by atoms with Crippen molar-refractivity contribution in [3.05, 3.63) is 34.4 Å². The number of hydrogen-bond acceptors (Lipinski definition) is 5. The number of carbonyl (C=O) groups excluding carboxylic acids is 2. The molecular formula is C21H28N2O3. The second-order valence-corrected chi connectivity index (χ2v) is 7.38. The molecule has 3 rings (SSSR count). The van der Waals surface area contributed by atoms with E-state index in [1.807, 2.05) is 39.0 Å². The van der Waals surface area contributed by atoms with Gasteiger partial charge in [0.1, 0.15) is 5.75 Å². The predicted octanol–water partition coefficient (Wildman–Crippen LogP) is 2.47. The van der Waals surface area contributed by atoms with Crippen LogP contribution >= 0.6 is 0 Å². The van der Waals surface area contributed by atoms with Crippen molar-refractivity contribution in [1.82, 2.24) is 10.2 Å². The maximum atomic E-state index is 12.7. The number of allylic oxidation sites excluding steroid dienone is 1. The lowest BCUT2D eigenvalue weighted by Crippen LogP contribution is -2.44. The molecule has 1 heterocycles. The van der Waals surface area contributed by atoms with Crippen LogP contribution in [-0.2, 0) is 4.79 Å². The number of nitrogens with one attached hydrogen (secondary N) is 1. The largest absolute Gasteiger partial charge is 0.492 e. The fraction of sp³-hybridized carbons (Fsp3) is 0.524. The Morgan fingerprint density at radius 3 is 2.58 bits per heavy atom. The van der Waals surface area contributed by atoms with E-state index in [4.69, 9.17) is 4.74 Å². The van der Waals surface area contributed by atoms with E-state index in [2.05, 4.69) is 10.2 Å². The third-order valence-electron chi connectivity index (χ3n) is 5.09. The molecule has 1 aliphatic heterocycles. The molecule has 0 bridgehead atoms. The summed E-state index contributed by atoms with van der Waals surface area (Å²) < 4.78 is 6.00. The van der Waals surface area contributed by atoms with Crippen molar-refractivity contribution in [3.8, 4) is 5.75 Å². The predicted molar refractivity (Wildman–Crippen MR) is 103 cm³/mol. The standard InChI is InChI=1S/C21H28N2O3/c1-14(2)17-13-16-6-5-15(3)21(18(16)20(25)19(17)24)26-12-4-9-23-10-7-22-8-11-23/h5-6,13-14,22H,4,7-12H2,1-3H3. The Labute approximate surface area is 155 Å². The van der Waals surface area contributed by atoms with Gasteiger partial charge < -0.3 is 15.0 Å². The molecule has 5 nitrogen and oxygen atoms in total. The molecule has 0 radical (unpaired) electrons. The van der Waals surface area contributed by atoms with Crippen LogP contribution in [-0.4, -0.2) is 55.8 Å². The molecule has 1 N–H and O–H groups in total. The van der Waals surface area contributed by atoms with Crippen LogP contribution in [0.5, 0.6) is 5.75 Å². The lowest BCUT2D eigenvalue weighted by molar-refractivity contribution is -0.112. The normalized spacial score (nSPS) is 18.1. The Hall–Kier alpha value is -1.98. The zero-order chi connectivity index (χ0) is 18.7. The fourth-order valence-corrected chi connectivity index (χ4v) is 3.55. The van der Waals surface area contributed by atoms with Crippen molar-refractivity contribution in [2.75, 3.05) is 39.3 Å². The number of carbonyl (C=O) groups is 2. The Bertz CT molecular complexity index is 731. The summed E-state index contributed by atoms with van der Waals surface area (Å²) in [6.07, 6.45) is 2.75. The first-order valence-corrected chi connectivity index (χ1v) is 9.49. The van der Waals surface area contributed by atoms with Gasteiger partial charge in [-0.25, -0.2) is 0 Å². The average Bonchev–Trinajstić information content (AvgIpc) is 2.63. The number of aryl methyl sites for hydroxylation is 1. The summed E-state index contributed by atoms with van der Waals surface area (Å²) in [5.74, 6) is -0.236. The molecule has 26 heavy (non-hydrogen) atoms. The number of rotatable bonds is 6. The first-order chi connectivity index (χ1) is 12.5. The Morgan fingerprint density at radius 2 is 1.88 bits per heavy atom. The van der Waals surface area contributed by atoms with Crippen molar-refractivity contribution in [1.29, 1.82) is 0 Å². The Kier molecular flexibility index (Phi) is 5.89. The third kappa shape index (κ3) is 3.89. The summed E-state index contributed by atoms with van der Waals surface area (Å²) in [7, 11) is 0. The maximum absolute atomic E-state index is 12.7. The molecule has 0 unspecified atom stereocenters. The van der Waals surface area contributed by atoms with E-state index in [0.717, 1.165) is 50.3 Å². The number of Topliss-reactive ketones (excluding diaryl/α,β-unsaturated/α-hetero) is 2. The van der Waals surface area contributed by atoms with Crippen LogP contribution in [0.15, 0.2) is 17.7 Å². The van der Waals surface area contributed by atoms with Crippen molar-refractivity contribution in [3.63, 3.8) is 0 Å². The minimum Gasteiger partial charge on any atom is -0.492 e. The summed E-state index contributed by atoms with van der Waals surface area (Å²) in [6.45, 7) is 11.5. The van der Waals surface area contributed by atoms with Gasteiger partial charge in [-0.15, -0.1) is 0 Å². The highest BCUT2D eigenvalue weighted by atomic mass is 16.5. The smallest absolute Gasteiger partial charge is 0.237 e. The van der Waals surface area contributed by atoms with Gasteiger partial charge in [0, 0.05) is 38.3 Å². The number of nitrogens with zero attached hydrogens (tertiary/aromatic N) is 1. The quantitative estimate of drug-likeness (QED) is 0.627. The van der Waals surface area contributed by atoms with Crippen LogP contribution < -0.4 is 10.1 Å².